The molecule has 2 amide bonds. The number of aromatic nitrogens is 7. The molecule has 3 rings (SSSR count). The zero-order chi connectivity index (χ0) is 17.6. The maximum atomic E-state index is 12.1. The van der Waals surface area contributed by atoms with Crippen molar-refractivity contribution in [2.45, 2.75) is 33.4 Å². The van der Waals surface area contributed by atoms with Gasteiger partial charge in [0, 0.05) is 12.2 Å². The van der Waals surface area contributed by atoms with Crippen molar-refractivity contribution in [1.29, 1.82) is 0 Å². The number of hydrogen-bond acceptors (Lipinski definition) is 6. The van der Waals surface area contributed by atoms with Crippen LogP contribution in [0, 0.1) is 6.92 Å². The molecule has 0 atom stereocenters. The molecule has 2 heterocycles. The van der Waals surface area contributed by atoms with Crippen LogP contribution in [0.5, 0.6) is 0 Å². The van der Waals surface area contributed by atoms with Crippen LogP contribution in [0.2, 0.25) is 0 Å². The van der Waals surface area contributed by atoms with Gasteiger partial charge in [-0.3, -0.25) is 0 Å². The van der Waals surface area contributed by atoms with Crippen LogP contribution in [-0.2, 0) is 13.1 Å². The number of nitrogens with zero attached hydrogens (tertiary/aromatic N) is 7. The number of aryl methyl sites for hydroxylation is 2. The van der Waals surface area contributed by atoms with Crippen molar-refractivity contribution in [3.63, 3.8) is 0 Å². The molecule has 25 heavy (non-hydrogen) atoms. The summed E-state index contributed by atoms with van der Waals surface area (Å²) >= 11 is 0. The number of carbonyl (C=O) groups excluding carboxylic acids is 1. The monoisotopic (exact) mass is 341 g/mol. The number of amides is 2. The Morgan fingerprint density at radius 3 is 2.92 bits per heavy atom. The molecular formula is C15H19N9O. The molecule has 0 radical (unpaired) electrons. The van der Waals surface area contributed by atoms with E-state index in [2.05, 4.69) is 43.3 Å². The lowest BCUT2D eigenvalue weighted by molar-refractivity contribution is 0.251. The number of benzene rings is 1. The van der Waals surface area contributed by atoms with E-state index in [1.54, 1.807) is 30.1 Å². The van der Waals surface area contributed by atoms with E-state index >= 15 is 0 Å². The van der Waals surface area contributed by atoms with E-state index in [1.165, 1.54) is 0 Å². The first-order valence-electron chi connectivity index (χ1n) is 7.94. The molecule has 0 aliphatic carbocycles. The highest BCUT2D eigenvalue weighted by molar-refractivity contribution is 5.89. The zero-order valence-electron chi connectivity index (χ0n) is 14.0. The molecule has 0 spiro atoms. The molecule has 1 aromatic carbocycles. The molecule has 10 nitrogen and oxygen atoms in total. The Balaban J connectivity index is 1.61. The third kappa shape index (κ3) is 3.97. The number of urea groups is 1. The SMILES string of the molecule is CCCn1cnnc1CNC(=O)Nc1cccc(-n2nnnc2C)c1. The number of tetrazole rings is 1. The fourth-order valence-corrected chi connectivity index (χ4v) is 2.36. The summed E-state index contributed by atoms with van der Waals surface area (Å²) in [5.41, 5.74) is 1.41. The summed E-state index contributed by atoms with van der Waals surface area (Å²) in [4.78, 5) is 12.1. The predicted octanol–water partition coefficient (Wildman–Crippen LogP) is 1.29. The molecule has 0 aliphatic rings. The lowest BCUT2D eigenvalue weighted by atomic mass is 10.3. The molecular weight excluding hydrogens is 322 g/mol. The average Bonchev–Trinajstić information content (AvgIpc) is 3.22. The minimum atomic E-state index is -0.323. The maximum Gasteiger partial charge on any atom is 0.319 e. The molecule has 3 aromatic rings. The third-order valence-corrected chi connectivity index (χ3v) is 3.54. The van der Waals surface area contributed by atoms with Gasteiger partial charge in [-0.1, -0.05) is 13.0 Å². The summed E-state index contributed by atoms with van der Waals surface area (Å²) < 4.78 is 3.51. The topological polar surface area (TPSA) is 115 Å². The van der Waals surface area contributed by atoms with Gasteiger partial charge in [0.1, 0.15) is 6.33 Å². The summed E-state index contributed by atoms with van der Waals surface area (Å²) in [7, 11) is 0. The Kier molecular flexibility index (Phi) is 4.97. The lowest BCUT2D eigenvalue weighted by Gasteiger charge is -2.09. The highest BCUT2D eigenvalue weighted by atomic mass is 16.2. The third-order valence-electron chi connectivity index (χ3n) is 3.54. The molecule has 0 saturated heterocycles. The minimum absolute atomic E-state index is 0.303. The van der Waals surface area contributed by atoms with Crippen molar-refractivity contribution in [3.05, 3.63) is 42.2 Å². The number of rotatable bonds is 6. The van der Waals surface area contributed by atoms with Crippen molar-refractivity contribution >= 4 is 11.7 Å². The van der Waals surface area contributed by atoms with Crippen LogP contribution < -0.4 is 10.6 Å². The van der Waals surface area contributed by atoms with Crippen molar-refractivity contribution in [2.75, 3.05) is 5.32 Å². The molecule has 0 saturated carbocycles. The largest absolute Gasteiger partial charge is 0.331 e. The first kappa shape index (κ1) is 16.6. The Morgan fingerprint density at radius 2 is 2.16 bits per heavy atom. The number of nitrogens with one attached hydrogen (secondary N) is 2. The molecule has 130 valence electrons. The van der Waals surface area contributed by atoms with Gasteiger partial charge in [-0.2, -0.15) is 4.68 Å². The highest BCUT2D eigenvalue weighted by Crippen LogP contribution is 2.14. The lowest BCUT2D eigenvalue weighted by Crippen LogP contribution is -2.29. The molecule has 2 aromatic heterocycles. The van der Waals surface area contributed by atoms with Crippen LogP contribution in [0.15, 0.2) is 30.6 Å². The summed E-state index contributed by atoms with van der Waals surface area (Å²) in [6.45, 7) is 5.00. The molecule has 0 bridgehead atoms. The Bertz CT molecular complexity index is 854. The van der Waals surface area contributed by atoms with E-state index in [9.17, 15) is 4.79 Å². The molecule has 0 unspecified atom stereocenters. The van der Waals surface area contributed by atoms with Gasteiger partial charge in [0.25, 0.3) is 0 Å². The standard InChI is InChI=1S/C15H19N9O/c1-3-7-23-10-17-20-14(23)9-16-15(25)18-12-5-4-6-13(8-12)24-11(2)19-21-22-24/h4-6,8,10H,3,7,9H2,1-2H3,(H2,16,18,25). The van der Waals surface area contributed by atoms with E-state index < -0.39 is 0 Å². The summed E-state index contributed by atoms with van der Waals surface area (Å²) in [5, 5.41) is 24.8. The van der Waals surface area contributed by atoms with Crippen LogP contribution in [-0.4, -0.2) is 41.0 Å². The Labute approximate surface area is 144 Å². The molecule has 2 N–H and O–H groups in total. The summed E-state index contributed by atoms with van der Waals surface area (Å²) in [6.07, 6.45) is 2.64. The molecule has 0 aliphatic heterocycles. The summed E-state index contributed by atoms with van der Waals surface area (Å²) in [6, 6.07) is 6.95. The van der Waals surface area contributed by atoms with Crippen molar-refractivity contribution in [1.82, 2.24) is 40.3 Å². The first-order valence-corrected chi connectivity index (χ1v) is 7.94. The quantitative estimate of drug-likeness (QED) is 0.698. The second-order valence-corrected chi connectivity index (χ2v) is 5.44. The van der Waals surface area contributed by atoms with E-state index in [0.29, 0.717) is 18.1 Å². The van der Waals surface area contributed by atoms with Gasteiger partial charge in [-0.25, -0.2) is 4.79 Å². The van der Waals surface area contributed by atoms with Gasteiger partial charge >= 0.3 is 6.03 Å². The van der Waals surface area contributed by atoms with Gasteiger partial charge in [0.15, 0.2) is 11.6 Å². The number of carbonyl (C=O) groups is 1. The maximum absolute atomic E-state index is 12.1. The van der Waals surface area contributed by atoms with Gasteiger partial charge in [-0.05, 0) is 42.0 Å². The fraction of sp³-hybridized carbons (Fsp3) is 0.333. The average molecular weight is 341 g/mol. The smallest absolute Gasteiger partial charge is 0.319 e. The Hall–Kier alpha value is -3.30. The van der Waals surface area contributed by atoms with Crippen molar-refractivity contribution in [2.24, 2.45) is 0 Å². The normalized spacial score (nSPS) is 10.6. The van der Waals surface area contributed by atoms with Gasteiger partial charge < -0.3 is 15.2 Å². The molecule has 10 heteroatoms. The highest BCUT2D eigenvalue weighted by Gasteiger charge is 2.08. The van der Waals surface area contributed by atoms with Crippen molar-refractivity contribution < 1.29 is 4.79 Å². The van der Waals surface area contributed by atoms with Crippen LogP contribution in [0.3, 0.4) is 0 Å². The predicted molar refractivity (Wildman–Crippen MR) is 90.1 cm³/mol. The molecule has 0 fully saturated rings. The van der Waals surface area contributed by atoms with E-state index in [1.807, 2.05) is 16.7 Å². The minimum Gasteiger partial charge on any atom is -0.331 e. The van der Waals surface area contributed by atoms with E-state index in [4.69, 9.17) is 0 Å². The van der Waals surface area contributed by atoms with Gasteiger partial charge in [0.2, 0.25) is 0 Å². The Morgan fingerprint density at radius 1 is 1.28 bits per heavy atom. The second kappa shape index (κ2) is 7.51. The number of anilines is 1. The number of hydrogen-bond donors (Lipinski definition) is 2. The van der Waals surface area contributed by atoms with Crippen LogP contribution in [0.4, 0.5) is 10.5 Å². The van der Waals surface area contributed by atoms with Gasteiger partial charge in [-0.15, -0.1) is 15.3 Å². The van der Waals surface area contributed by atoms with E-state index in [-0.39, 0.29) is 6.03 Å². The zero-order valence-corrected chi connectivity index (χ0v) is 14.0. The van der Waals surface area contributed by atoms with Crippen molar-refractivity contribution in [3.8, 4) is 5.69 Å². The van der Waals surface area contributed by atoms with Crippen LogP contribution in [0.1, 0.15) is 25.0 Å². The van der Waals surface area contributed by atoms with Crippen LogP contribution in [0.25, 0.3) is 5.69 Å². The van der Waals surface area contributed by atoms with Gasteiger partial charge in [0.05, 0.1) is 12.2 Å². The fourth-order valence-electron chi connectivity index (χ4n) is 2.36. The first-order chi connectivity index (χ1) is 12.2. The van der Waals surface area contributed by atoms with E-state index in [0.717, 1.165) is 24.5 Å². The second-order valence-electron chi connectivity index (χ2n) is 5.44. The summed E-state index contributed by atoms with van der Waals surface area (Å²) in [5.74, 6) is 1.38. The van der Waals surface area contributed by atoms with Crippen LogP contribution >= 0.6 is 0 Å².